The first-order valence-electron chi connectivity index (χ1n) is 7.99. The van der Waals surface area contributed by atoms with Gasteiger partial charge in [0.25, 0.3) is 5.69 Å². The molecule has 124 valence electrons. The van der Waals surface area contributed by atoms with Gasteiger partial charge in [0.15, 0.2) is 0 Å². The zero-order valence-electron chi connectivity index (χ0n) is 13.2. The molecule has 2 atom stereocenters. The van der Waals surface area contributed by atoms with Crippen LogP contribution in [0.15, 0.2) is 24.3 Å². The minimum atomic E-state index is -0.386. The fraction of sp³-hybridized carbons (Fsp3) is 0.562. The Morgan fingerprint density at radius 1 is 1.30 bits per heavy atom. The number of thioether (sulfide) groups is 1. The molecule has 6 nitrogen and oxygen atoms in total. The fourth-order valence-electron chi connectivity index (χ4n) is 3.21. The number of hydrogen-bond acceptors (Lipinski definition) is 5. The van der Waals surface area contributed by atoms with E-state index in [0.717, 1.165) is 25.2 Å². The highest BCUT2D eigenvalue weighted by Gasteiger charge is 2.38. The number of likely N-dealkylation sites (tertiary alicyclic amines) is 1. The molecule has 0 aromatic heterocycles. The number of hydrogen-bond donors (Lipinski definition) is 0. The molecule has 0 spiro atoms. The van der Waals surface area contributed by atoms with Crippen LogP contribution in [0.3, 0.4) is 0 Å². The van der Waals surface area contributed by atoms with Crippen LogP contribution in [-0.4, -0.2) is 52.1 Å². The number of rotatable bonds is 5. The third kappa shape index (κ3) is 3.50. The Bertz CT molecular complexity index is 604. The summed E-state index contributed by atoms with van der Waals surface area (Å²) in [5, 5.41) is 10.8. The van der Waals surface area contributed by atoms with Gasteiger partial charge in [-0.1, -0.05) is 12.1 Å². The van der Waals surface area contributed by atoms with Crippen molar-refractivity contribution in [3.05, 3.63) is 39.9 Å². The predicted octanol–water partition coefficient (Wildman–Crippen LogP) is 2.65. The van der Waals surface area contributed by atoms with Gasteiger partial charge in [-0.2, -0.15) is 0 Å². The molecule has 7 heteroatoms. The number of amides is 1. The van der Waals surface area contributed by atoms with E-state index >= 15 is 0 Å². The minimum Gasteiger partial charge on any atom is -0.324 e. The van der Waals surface area contributed by atoms with Crippen molar-refractivity contribution in [1.82, 2.24) is 9.80 Å². The van der Waals surface area contributed by atoms with Crippen molar-refractivity contribution in [2.24, 2.45) is 0 Å². The summed E-state index contributed by atoms with van der Waals surface area (Å²) >= 11 is 1.57. The molecule has 0 N–H and O–H groups in total. The molecule has 0 aliphatic carbocycles. The van der Waals surface area contributed by atoms with Crippen molar-refractivity contribution in [3.8, 4) is 0 Å². The summed E-state index contributed by atoms with van der Waals surface area (Å²) in [7, 11) is 0. The van der Waals surface area contributed by atoms with Crippen molar-refractivity contribution in [1.29, 1.82) is 0 Å². The van der Waals surface area contributed by atoms with Crippen molar-refractivity contribution in [2.45, 2.75) is 30.4 Å². The van der Waals surface area contributed by atoms with Crippen LogP contribution in [0, 0.1) is 10.1 Å². The van der Waals surface area contributed by atoms with Crippen LogP contribution in [0.1, 0.15) is 30.7 Å². The number of carbonyl (C=O) groups is 1. The van der Waals surface area contributed by atoms with Crippen molar-refractivity contribution in [3.63, 3.8) is 0 Å². The van der Waals surface area contributed by atoms with Gasteiger partial charge >= 0.3 is 0 Å². The topological polar surface area (TPSA) is 66.7 Å². The van der Waals surface area contributed by atoms with E-state index in [0.29, 0.717) is 6.54 Å². The summed E-state index contributed by atoms with van der Waals surface area (Å²) in [6.45, 7) is 5.68. The molecule has 0 radical (unpaired) electrons. The van der Waals surface area contributed by atoms with E-state index in [9.17, 15) is 14.9 Å². The Labute approximate surface area is 140 Å². The van der Waals surface area contributed by atoms with Gasteiger partial charge in [-0.25, -0.2) is 0 Å². The maximum absolute atomic E-state index is 12.5. The monoisotopic (exact) mass is 335 g/mol. The Hall–Kier alpha value is -1.60. The second-order valence-electron chi connectivity index (χ2n) is 6.06. The zero-order valence-corrected chi connectivity index (χ0v) is 14.0. The number of nitro groups is 1. The molecule has 1 aromatic rings. The van der Waals surface area contributed by atoms with Crippen molar-refractivity contribution >= 4 is 23.4 Å². The number of non-ortho nitro benzene ring substituents is 1. The van der Waals surface area contributed by atoms with Crippen molar-refractivity contribution < 1.29 is 9.72 Å². The van der Waals surface area contributed by atoms with E-state index < -0.39 is 0 Å². The van der Waals surface area contributed by atoms with Gasteiger partial charge in [-0.15, -0.1) is 11.8 Å². The lowest BCUT2D eigenvalue weighted by atomic mass is 10.2. The lowest BCUT2D eigenvalue weighted by molar-refractivity contribution is -0.384. The lowest BCUT2D eigenvalue weighted by Gasteiger charge is -2.26. The van der Waals surface area contributed by atoms with Gasteiger partial charge in [-0.05, 0) is 38.4 Å². The molecule has 0 bridgehead atoms. The number of carbonyl (C=O) groups excluding carboxylic acids is 1. The minimum absolute atomic E-state index is 0.0783. The van der Waals surface area contributed by atoms with Gasteiger partial charge in [0.2, 0.25) is 5.91 Å². The highest BCUT2D eigenvalue weighted by atomic mass is 32.2. The standard InChI is InChI=1S/C16H21N3O3S/c1-12-15(20)18(10-9-17-7-2-3-8-17)16(23-12)13-5-4-6-14(11-13)19(21)22/h4-6,11-12,16H,2-3,7-10H2,1H3. The van der Waals surface area contributed by atoms with E-state index in [-0.39, 0.29) is 27.1 Å². The van der Waals surface area contributed by atoms with Crippen LogP contribution >= 0.6 is 11.8 Å². The van der Waals surface area contributed by atoms with Crippen LogP contribution in [0.5, 0.6) is 0 Å². The van der Waals surface area contributed by atoms with E-state index in [1.807, 2.05) is 17.9 Å². The highest BCUT2D eigenvalue weighted by molar-refractivity contribution is 8.01. The summed E-state index contributed by atoms with van der Waals surface area (Å²) in [4.78, 5) is 27.3. The first-order chi connectivity index (χ1) is 11.1. The molecule has 2 saturated heterocycles. The summed E-state index contributed by atoms with van der Waals surface area (Å²) in [5.41, 5.74) is 0.915. The van der Waals surface area contributed by atoms with Crippen LogP contribution in [0.25, 0.3) is 0 Å². The van der Waals surface area contributed by atoms with Crippen LogP contribution < -0.4 is 0 Å². The molecule has 1 aromatic carbocycles. The van der Waals surface area contributed by atoms with E-state index in [1.54, 1.807) is 23.9 Å². The highest BCUT2D eigenvalue weighted by Crippen LogP contribution is 2.43. The predicted molar refractivity (Wildman–Crippen MR) is 90.3 cm³/mol. The van der Waals surface area contributed by atoms with Gasteiger partial charge < -0.3 is 9.80 Å². The first kappa shape index (κ1) is 16.3. The molecule has 2 heterocycles. The zero-order chi connectivity index (χ0) is 16.4. The maximum atomic E-state index is 12.5. The molecule has 2 unspecified atom stereocenters. The summed E-state index contributed by atoms with van der Waals surface area (Å²) in [6, 6.07) is 6.65. The smallest absolute Gasteiger partial charge is 0.269 e. The van der Waals surface area contributed by atoms with Gasteiger partial charge in [0.05, 0.1) is 10.2 Å². The molecule has 0 saturated carbocycles. The molecular weight excluding hydrogens is 314 g/mol. The molecular formula is C16H21N3O3S. The summed E-state index contributed by atoms with van der Waals surface area (Å²) < 4.78 is 0. The lowest BCUT2D eigenvalue weighted by Crippen LogP contribution is -2.37. The van der Waals surface area contributed by atoms with Gasteiger partial charge in [0, 0.05) is 25.2 Å². The van der Waals surface area contributed by atoms with Crippen molar-refractivity contribution in [2.75, 3.05) is 26.2 Å². The molecule has 1 amide bonds. The maximum Gasteiger partial charge on any atom is 0.269 e. The Balaban J connectivity index is 1.76. The van der Waals surface area contributed by atoms with E-state index in [1.165, 1.54) is 18.9 Å². The Kier molecular flexibility index (Phi) is 4.87. The van der Waals surface area contributed by atoms with Crippen LogP contribution in [-0.2, 0) is 4.79 Å². The Morgan fingerprint density at radius 2 is 2.04 bits per heavy atom. The second kappa shape index (κ2) is 6.88. The third-order valence-electron chi connectivity index (χ3n) is 4.47. The Morgan fingerprint density at radius 3 is 2.74 bits per heavy atom. The molecule has 2 aliphatic rings. The van der Waals surface area contributed by atoms with E-state index in [2.05, 4.69) is 4.90 Å². The normalized spacial score (nSPS) is 25.3. The molecule has 2 fully saturated rings. The summed E-state index contributed by atoms with van der Waals surface area (Å²) in [6.07, 6.45) is 2.46. The molecule has 23 heavy (non-hydrogen) atoms. The van der Waals surface area contributed by atoms with Crippen LogP contribution in [0.4, 0.5) is 5.69 Å². The molecule has 3 rings (SSSR count). The SMILES string of the molecule is CC1SC(c2cccc([N+](=O)[O-])c2)N(CCN2CCCC2)C1=O. The van der Waals surface area contributed by atoms with E-state index in [4.69, 9.17) is 0 Å². The average molecular weight is 335 g/mol. The van der Waals surface area contributed by atoms with Gasteiger partial charge in [-0.3, -0.25) is 14.9 Å². The molecule has 2 aliphatic heterocycles. The first-order valence-corrected chi connectivity index (χ1v) is 8.93. The number of benzene rings is 1. The fourth-order valence-corrected chi connectivity index (χ4v) is 4.51. The number of nitrogens with zero attached hydrogens (tertiary/aromatic N) is 3. The largest absolute Gasteiger partial charge is 0.324 e. The second-order valence-corrected chi connectivity index (χ2v) is 7.49. The summed E-state index contributed by atoms with van der Waals surface area (Å²) in [5.74, 6) is 0.130. The van der Waals surface area contributed by atoms with Gasteiger partial charge in [0.1, 0.15) is 5.37 Å². The quantitative estimate of drug-likeness (QED) is 0.611. The number of nitro benzene ring substituents is 1. The average Bonchev–Trinajstić information content (AvgIpc) is 3.15. The third-order valence-corrected chi connectivity index (χ3v) is 5.86. The van der Waals surface area contributed by atoms with Crippen LogP contribution in [0.2, 0.25) is 0 Å².